The Kier molecular flexibility index (Phi) is 3.41. The first kappa shape index (κ1) is 12.3. The molecular weight excluding hydrogens is 232 g/mol. The second kappa shape index (κ2) is 5.00. The number of aromatic nitrogens is 2. The number of esters is 1. The Morgan fingerprint density at radius 1 is 1.33 bits per heavy atom. The summed E-state index contributed by atoms with van der Waals surface area (Å²) in [4.78, 5) is 20.0. The fraction of sp³-hybridized carbons (Fsp3) is 0.308. The van der Waals surface area contributed by atoms with E-state index in [0.717, 1.165) is 5.69 Å². The van der Waals surface area contributed by atoms with Crippen LogP contribution >= 0.6 is 0 Å². The third-order valence-corrected chi connectivity index (χ3v) is 2.37. The van der Waals surface area contributed by atoms with Crippen molar-refractivity contribution in [3.63, 3.8) is 0 Å². The van der Waals surface area contributed by atoms with E-state index >= 15 is 0 Å². The fourth-order valence-electron chi connectivity index (χ4n) is 1.56. The van der Waals surface area contributed by atoms with Crippen LogP contribution in [0.15, 0.2) is 22.6 Å². The third-order valence-electron chi connectivity index (χ3n) is 2.37. The molecule has 0 aliphatic rings. The van der Waals surface area contributed by atoms with Crippen LogP contribution in [0.4, 0.5) is 0 Å². The quantitative estimate of drug-likeness (QED) is 0.778. The van der Waals surface area contributed by atoms with Gasteiger partial charge in [-0.2, -0.15) is 0 Å². The van der Waals surface area contributed by atoms with E-state index in [1.165, 1.54) is 0 Å². The van der Waals surface area contributed by atoms with E-state index < -0.39 is 5.97 Å². The Bertz CT molecular complexity index is 575. The predicted octanol–water partition coefficient (Wildman–Crippen LogP) is 2.53. The summed E-state index contributed by atoms with van der Waals surface area (Å²) in [6.45, 7) is 5.61. The molecule has 0 radical (unpaired) electrons. The summed E-state index contributed by atoms with van der Waals surface area (Å²) in [7, 11) is 0. The van der Waals surface area contributed by atoms with Crippen LogP contribution in [0, 0.1) is 13.8 Å². The number of carbonyl (C=O) groups excluding carboxylic acids is 1. The van der Waals surface area contributed by atoms with Crippen molar-refractivity contribution in [2.75, 3.05) is 6.61 Å². The summed E-state index contributed by atoms with van der Waals surface area (Å²) < 4.78 is 10.3. The van der Waals surface area contributed by atoms with Crippen LogP contribution in [-0.2, 0) is 4.74 Å². The lowest BCUT2D eigenvalue weighted by atomic mass is 10.3. The number of carbonyl (C=O) groups is 1. The molecule has 0 unspecified atom stereocenters. The number of pyridine rings is 1. The van der Waals surface area contributed by atoms with Crippen molar-refractivity contribution in [1.82, 2.24) is 9.97 Å². The third kappa shape index (κ3) is 2.40. The van der Waals surface area contributed by atoms with Crippen molar-refractivity contribution in [3.05, 3.63) is 35.3 Å². The molecule has 0 aliphatic heterocycles. The maximum atomic E-state index is 11.6. The lowest BCUT2D eigenvalue weighted by Crippen LogP contribution is -2.06. The van der Waals surface area contributed by atoms with Crippen LogP contribution in [0.5, 0.6) is 0 Å². The SMILES string of the molecule is CCOC(=O)c1nc(-c2cccc(C)n2)oc1C. The summed E-state index contributed by atoms with van der Waals surface area (Å²) in [5.41, 5.74) is 1.67. The van der Waals surface area contributed by atoms with Crippen LogP contribution in [-0.4, -0.2) is 22.5 Å². The van der Waals surface area contributed by atoms with Crippen LogP contribution in [0.1, 0.15) is 28.9 Å². The number of rotatable bonds is 3. The highest BCUT2D eigenvalue weighted by Crippen LogP contribution is 2.20. The lowest BCUT2D eigenvalue weighted by molar-refractivity contribution is 0.0518. The standard InChI is InChI=1S/C13H14N2O3/c1-4-17-13(16)11-9(3)18-12(15-11)10-7-5-6-8(2)14-10/h5-7H,4H2,1-3H3. The highest BCUT2D eigenvalue weighted by Gasteiger charge is 2.19. The van der Waals surface area contributed by atoms with E-state index in [1.54, 1.807) is 19.9 Å². The van der Waals surface area contributed by atoms with Gasteiger partial charge in [0.05, 0.1) is 6.61 Å². The zero-order valence-corrected chi connectivity index (χ0v) is 10.6. The number of oxazole rings is 1. The summed E-state index contributed by atoms with van der Waals surface area (Å²) >= 11 is 0. The number of nitrogens with zero attached hydrogens (tertiary/aromatic N) is 2. The van der Waals surface area contributed by atoms with E-state index in [4.69, 9.17) is 9.15 Å². The monoisotopic (exact) mass is 246 g/mol. The molecule has 18 heavy (non-hydrogen) atoms. The Morgan fingerprint density at radius 3 is 2.78 bits per heavy atom. The smallest absolute Gasteiger partial charge is 0.360 e. The molecule has 0 N–H and O–H groups in total. The van der Waals surface area contributed by atoms with Gasteiger partial charge in [0.2, 0.25) is 5.89 Å². The van der Waals surface area contributed by atoms with Gasteiger partial charge in [-0.05, 0) is 32.9 Å². The molecule has 0 amide bonds. The van der Waals surface area contributed by atoms with Gasteiger partial charge < -0.3 is 9.15 Å². The molecule has 0 atom stereocenters. The predicted molar refractivity (Wildman–Crippen MR) is 65.2 cm³/mol. The van der Waals surface area contributed by atoms with Crippen LogP contribution in [0.3, 0.4) is 0 Å². The first-order chi connectivity index (χ1) is 8.61. The number of aryl methyl sites for hydroxylation is 2. The molecule has 0 saturated heterocycles. The average molecular weight is 246 g/mol. The first-order valence-corrected chi connectivity index (χ1v) is 5.70. The molecule has 94 valence electrons. The summed E-state index contributed by atoms with van der Waals surface area (Å²) in [6.07, 6.45) is 0. The molecule has 2 aromatic rings. The largest absolute Gasteiger partial charge is 0.461 e. The number of hydrogen-bond acceptors (Lipinski definition) is 5. The van der Waals surface area contributed by atoms with Crippen molar-refractivity contribution >= 4 is 5.97 Å². The Labute approximate surface area is 105 Å². The van der Waals surface area contributed by atoms with Crippen molar-refractivity contribution < 1.29 is 13.9 Å². The molecule has 2 heterocycles. The van der Waals surface area contributed by atoms with Crippen molar-refractivity contribution in [2.24, 2.45) is 0 Å². The van der Waals surface area contributed by atoms with Crippen molar-refractivity contribution in [1.29, 1.82) is 0 Å². The summed E-state index contributed by atoms with van der Waals surface area (Å²) in [5, 5.41) is 0. The molecule has 0 aromatic carbocycles. The van der Waals surface area contributed by atoms with E-state index in [0.29, 0.717) is 24.0 Å². The van der Waals surface area contributed by atoms with Gasteiger partial charge in [-0.25, -0.2) is 14.8 Å². The second-order valence-electron chi connectivity index (χ2n) is 3.81. The van der Waals surface area contributed by atoms with Gasteiger partial charge in [0.1, 0.15) is 11.5 Å². The van der Waals surface area contributed by atoms with Crippen molar-refractivity contribution in [2.45, 2.75) is 20.8 Å². The Balaban J connectivity index is 2.37. The first-order valence-electron chi connectivity index (χ1n) is 5.70. The minimum atomic E-state index is -0.474. The normalized spacial score (nSPS) is 10.4. The molecule has 0 fully saturated rings. The second-order valence-corrected chi connectivity index (χ2v) is 3.81. The van der Waals surface area contributed by atoms with Gasteiger partial charge in [-0.1, -0.05) is 6.07 Å². The molecule has 0 saturated carbocycles. The maximum absolute atomic E-state index is 11.6. The van der Waals surface area contributed by atoms with E-state index in [-0.39, 0.29) is 5.69 Å². The van der Waals surface area contributed by atoms with Crippen LogP contribution < -0.4 is 0 Å². The topological polar surface area (TPSA) is 65.2 Å². The molecule has 5 heteroatoms. The van der Waals surface area contributed by atoms with E-state index in [1.807, 2.05) is 19.1 Å². The van der Waals surface area contributed by atoms with Gasteiger partial charge >= 0.3 is 5.97 Å². The van der Waals surface area contributed by atoms with Crippen molar-refractivity contribution in [3.8, 4) is 11.6 Å². The zero-order chi connectivity index (χ0) is 13.1. The Morgan fingerprint density at radius 2 is 2.11 bits per heavy atom. The maximum Gasteiger partial charge on any atom is 0.360 e. The van der Waals surface area contributed by atoms with Gasteiger partial charge in [0.25, 0.3) is 0 Å². The summed E-state index contributed by atoms with van der Waals surface area (Å²) in [5.74, 6) is 0.295. The molecule has 0 bridgehead atoms. The van der Waals surface area contributed by atoms with E-state index in [9.17, 15) is 4.79 Å². The number of hydrogen-bond donors (Lipinski definition) is 0. The summed E-state index contributed by atoms with van der Waals surface area (Å²) in [6, 6.07) is 5.53. The van der Waals surface area contributed by atoms with Gasteiger partial charge in [-0.15, -0.1) is 0 Å². The highest BCUT2D eigenvalue weighted by molar-refractivity contribution is 5.88. The minimum absolute atomic E-state index is 0.204. The number of ether oxygens (including phenoxy) is 1. The fourth-order valence-corrected chi connectivity index (χ4v) is 1.56. The zero-order valence-electron chi connectivity index (χ0n) is 10.6. The minimum Gasteiger partial charge on any atom is -0.461 e. The molecule has 2 rings (SSSR count). The average Bonchev–Trinajstić information content (AvgIpc) is 2.72. The van der Waals surface area contributed by atoms with Crippen LogP contribution in [0.2, 0.25) is 0 Å². The van der Waals surface area contributed by atoms with E-state index in [2.05, 4.69) is 9.97 Å². The Hall–Kier alpha value is -2.17. The molecule has 5 nitrogen and oxygen atoms in total. The van der Waals surface area contributed by atoms with Gasteiger partial charge in [0, 0.05) is 5.69 Å². The molecule has 0 spiro atoms. The molecule has 2 aromatic heterocycles. The van der Waals surface area contributed by atoms with Gasteiger partial charge in [-0.3, -0.25) is 0 Å². The van der Waals surface area contributed by atoms with Crippen LogP contribution in [0.25, 0.3) is 11.6 Å². The molecular formula is C13H14N2O3. The lowest BCUT2D eigenvalue weighted by Gasteiger charge is -1.96. The molecule has 0 aliphatic carbocycles. The highest BCUT2D eigenvalue weighted by atomic mass is 16.5. The van der Waals surface area contributed by atoms with Gasteiger partial charge in [0.15, 0.2) is 5.69 Å².